The summed E-state index contributed by atoms with van der Waals surface area (Å²) in [6.45, 7) is 0. The smallest absolute Gasteiger partial charge is 0.250 e. The van der Waals surface area contributed by atoms with Crippen molar-refractivity contribution in [1.82, 2.24) is 15.0 Å². The molecule has 0 bridgehead atoms. The van der Waals surface area contributed by atoms with Crippen LogP contribution in [0.25, 0.3) is 0 Å². The largest absolute Gasteiger partial charge is 0.324 e. The predicted octanol–water partition coefficient (Wildman–Crippen LogP) is 6.58. The Hall–Kier alpha value is 0.350. The zero-order chi connectivity index (χ0) is 17.4. The Morgan fingerprint density at radius 3 is 1.52 bits per heavy atom. The van der Waals surface area contributed by atoms with E-state index in [1.165, 1.54) is 0 Å². The van der Waals surface area contributed by atoms with E-state index in [4.69, 9.17) is 92.8 Å². The number of alkyl halides is 6. The van der Waals surface area contributed by atoms with Crippen molar-refractivity contribution in [3.63, 3.8) is 0 Å². The van der Waals surface area contributed by atoms with E-state index < -0.39 is 7.59 Å². The Labute approximate surface area is 171 Å². The van der Waals surface area contributed by atoms with Crippen LogP contribution < -0.4 is 5.32 Å². The van der Waals surface area contributed by atoms with Crippen LogP contribution in [0, 0.1) is 0 Å². The number of hydrogen-bond acceptors (Lipinski definition) is 4. The van der Waals surface area contributed by atoms with Gasteiger partial charge in [-0.05, 0) is 18.2 Å². The molecule has 4 nitrogen and oxygen atoms in total. The third-order valence-corrected chi connectivity index (χ3v) is 3.71. The Bertz CT molecular complexity index is 672. The van der Waals surface area contributed by atoms with Crippen molar-refractivity contribution in [2.24, 2.45) is 0 Å². The van der Waals surface area contributed by atoms with Crippen LogP contribution in [0.5, 0.6) is 0 Å². The van der Waals surface area contributed by atoms with Crippen LogP contribution in [-0.4, -0.2) is 15.0 Å². The average Bonchev–Trinajstić information content (AvgIpc) is 2.34. The molecule has 0 amide bonds. The van der Waals surface area contributed by atoms with E-state index in [0.717, 1.165) is 0 Å². The first-order valence-corrected chi connectivity index (χ1v) is 8.61. The van der Waals surface area contributed by atoms with Crippen molar-refractivity contribution < 1.29 is 0 Å². The third-order valence-electron chi connectivity index (χ3n) is 2.26. The number of benzene rings is 1. The standard InChI is InChI=1S/C11H4Cl8N4/c12-4-1-5(13)3-6(2-4)20-9-22-7(10(14,15)16)21-8(23-9)11(17,18)19/h1-3H,(H,20,21,22,23). The predicted molar refractivity (Wildman–Crippen MR) is 98.0 cm³/mol. The summed E-state index contributed by atoms with van der Waals surface area (Å²) < 4.78 is -3.87. The lowest BCUT2D eigenvalue weighted by Crippen LogP contribution is -2.17. The molecule has 0 spiro atoms. The third kappa shape index (κ3) is 5.68. The van der Waals surface area contributed by atoms with E-state index in [1.807, 2.05) is 0 Å². The first-order chi connectivity index (χ1) is 10.4. The summed E-state index contributed by atoms with van der Waals surface area (Å²) in [6, 6.07) is 4.73. The summed E-state index contributed by atoms with van der Waals surface area (Å²) in [5, 5.41) is 3.63. The van der Waals surface area contributed by atoms with Gasteiger partial charge in [0.05, 0.1) is 0 Å². The molecular formula is C11H4Cl8N4. The van der Waals surface area contributed by atoms with Gasteiger partial charge in [0.2, 0.25) is 13.5 Å². The van der Waals surface area contributed by atoms with Crippen molar-refractivity contribution in [2.45, 2.75) is 7.59 Å². The van der Waals surface area contributed by atoms with Gasteiger partial charge in [-0.3, -0.25) is 0 Å². The van der Waals surface area contributed by atoms with E-state index in [9.17, 15) is 0 Å². The minimum atomic E-state index is -1.93. The lowest BCUT2D eigenvalue weighted by molar-refractivity contribution is 0.851. The number of nitrogens with zero attached hydrogens (tertiary/aromatic N) is 3. The second kappa shape index (κ2) is 7.30. The van der Waals surface area contributed by atoms with E-state index in [2.05, 4.69) is 20.3 Å². The molecule has 0 saturated carbocycles. The van der Waals surface area contributed by atoms with E-state index in [-0.39, 0.29) is 17.6 Å². The topological polar surface area (TPSA) is 50.7 Å². The molecule has 0 unspecified atom stereocenters. The molecule has 1 aromatic carbocycles. The molecule has 0 fully saturated rings. The average molecular weight is 476 g/mol. The van der Waals surface area contributed by atoms with E-state index in [1.54, 1.807) is 18.2 Å². The highest BCUT2D eigenvalue weighted by Crippen LogP contribution is 2.40. The molecule has 2 rings (SSSR count). The van der Waals surface area contributed by atoms with Gasteiger partial charge in [-0.1, -0.05) is 92.8 Å². The fraction of sp³-hybridized carbons (Fsp3) is 0.182. The molecule has 0 radical (unpaired) electrons. The van der Waals surface area contributed by atoms with E-state index >= 15 is 0 Å². The molecule has 12 heteroatoms. The maximum Gasteiger partial charge on any atom is 0.250 e. The highest BCUT2D eigenvalue weighted by Gasteiger charge is 2.33. The van der Waals surface area contributed by atoms with Crippen LogP contribution in [-0.2, 0) is 7.59 Å². The van der Waals surface area contributed by atoms with Crippen molar-refractivity contribution in [2.75, 3.05) is 5.32 Å². The summed E-state index contributed by atoms with van der Waals surface area (Å²) in [7, 11) is 0. The van der Waals surface area contributed by atoms with Gasteiger partial charge in [0.25, 0.3) is 0 Å². The van der Waals surface area contributed by atoms with Gasteiger partial charge in [-0.15, -0.1) is 0 Å². The molecular weight excluding hydrogens is 472 g/mol. The first-order valence-electron chi connectivity index (χ1n) is 5.59. The molecule has 0 aliphatic carbocycles. The quantitative estimate of drug-likeness (QED) is 0.499. The fourth-order valence-corrected chi connectivity index (χ4v) is 2.47. The molecule has 1 N–H and O–H groups in total. The minimum absolute atomic E-state index is 0.0130. The molecule has 0 aliphatic heterocycles. The van der Waals surface area contributed by atoms with Crippen LogP contribution in [0.2, 0.25) is 10.0 Å². The fourth-order valence-electron chi connectivity index (χ4n) is 1.44. The number of rotatable bonds is 2. The van der Waals surface area contributed by atoms with Gasteiger partial charge in [-0.2, -0.15) is 9.97 Å². The lowest BCUT2D eigenvalue weighted by atomic mass is 10.3. The normalized spacial score (nSPS) is 12.3. The Balaban J connectivity index is 2.49. The highest BCUT2D eigenvalue weighted by molar-refractivity contribution is 6.67. The second-order valence-corrected chi connectivity index (χ2v) is 9.52. The summed E-state index contributed by atoms with van der Waals surface area (Å²) in [5.74, 6) is -0.440. The summed E-state index contributed by atoms with van der Waals surface area (Å²) in [4.78, 5) is 11.8. The Kier molecular flexibility index (Phi) is 6.25. The Morgan fingerprint density at radius 1 is 0.696 bits per heavy atom. The van der Waals surface area contributed by atoms with Crippen LogP contribution in [0.1, 0.15) is 11.6 Å². The van der Waals surface area contributed by atoms with Gasteiger partial charge in [-0.25, -0.2) is 4.98 Å². The monoisotopic (exact) mass is 472 g/mol. The van der Waals surface area contributed by atoms with Gasteiger partial charge in [0.1, 0.15) is 0 Å². The molecule has 124 valence electrons. The van der Waals surface area contributed by atoms with Gasteiger partial charge >= 0.3 is 0 Å². The molecule has 1 heterocycles. The van der Waals surface area contributed by atoms with Crippen LogP contribution in [0.3, 0.4) is 0 Å². The van der Waals surface area contributed by atoms with Gasteiger partial charge < -0.3 is 5.32 Å². The zero-order valence-electron chi connectivity index (χ0n) is 10.6. The number of aromatic nitrogens is 3. The maximum absolute atomic E-state index is 5.92. The molecule has 2 aromatic rings. The number of halogens is 8. The van der Waals surface area contributed by atoms with Gasteiger partial charge in [0.15, 0.2) is 11.6 Å². The second-order valence-electron chi connectivity index (χ2n) is 4.08. The van der Waals surface area contributed by atoms with Crippen molar-refractivity contribution in [1.29, 1.82) is 0 Å². The van der Waals surface area contributed by atoms with Crippen molar-refractivity contribution >= 4 is 104 Å². The van der Waals surface area contributed by atoms with Crippen LogP contribution >= 0.6 is 92.8 Å². The molecule has 0 aliphatic rings. The lowest BCUT2D eigenvalue weighted by Gasteiger charge is -2.16. The summed E-state index contributed by atoms with van der Waals surface area (Å²) >= 11 is 46.5. The van der Waals surface area contributed by atoms with Crippen LogP contribution in [0.15, 0.2) is 18.2 Å². The SMILES string of the molecule is Clc1cc(Cl)cc(Nc2nc(C(Cl)(Cl)Cl)nc(C(Cl)(Cl)Cl)n2)c1. The van der Waals surface area contributed by atoms with Crippen molar-refractivity contribution in [3.8, 4) is 0 Å². The molecule has 23 heavy (non-hydrogen) atoms. The number of hydrogen-bond donors (Lipinski definition) is 1. The Morgan fingerprint density at radius 2 is 1.13 bits per heavy atom. The van der Waals surface area contributed by atoms with E-state index in [0.29, 0.717) is 15.7 Å². The number of anilines is 2. The molecule has 0 atom stereocenters. The van der Waals surface area contributed by atoms with Gasteiger partial charge in [0, 0.05) is 15.7 Å². The van der Waals surface area contributed by atoms with Crippen LogP contribution in [0.4, 0.5) is 11.6 Å². The molecule has 1 aromatic heterocycles. The zero-order valence-corrected chi connectivity index (χ0v) is 16.6. The number of nitrogens with one attached hydrogen (secondary N) is 1. The first kappa shape index (κ1) is 19.7. The molecule has 0 saturated heterocycles. The summed E-state index contributed by atoms with van der Waals surface area (Å²) in [5.41, 5.74) is 0.485. The maximum atomic E-state index is 5.92. The van der Waals surface area contributed by atoms with Crippen molar-refractivity contribution in [3.05, 3.63) is 39.9 Å². The highest BCUT2D eigenvalue weighted by atomic mass is 35.6. The summed E-state index contributed by atoms with van der Waals surface area (Å²) in [6.07, 6.45) is 0. The minimum Gasteiger partial charge on any atom is -0.324 e.